The number of ether oxygens (including phenoxy) is 1. The maximum atomic E-state index is 5.85. The third-order valence-corrected chi connectivity index (χ3v) is 4.07. The monoisotopic (exact) mass is 405 g/mol. The molecule has 2 fully saturated rings. The van der Waals surface area contributed by atoms with E-state index < -0.39 is 0 Å². The van der Waals surface area contributed by atoms with Crippen molar-refractivity contribution in [2.75, 3.05) is 13.6 Å². The predicted molar refractivity (Wildman–Crippen MR) is 93.1 cm³/mol. The maximum absolute atomic E-state index is 5.85. The summed E-state index contributed by atoms with van der Waals surface area (Å²) in [4.78, 5) is 4.29. The molecule has 0 aliphatic carbocycles. The van der Waals surface area contributed by atoms with Gasteiger partial charge in [-0.3, -0.25) is 9.67 Å². The number of aliphatic imine (C=N–C) groups is 1. The van der Waals surface area contributed by atoms with Gasteiger partial charge in [0.1, 0.15) is 0 Å². The van der Waals surface area contributed by atoms with Crippen LogP contribution in [0.25, 0.3) is 0 Å². The van der Waals surface area contributed by atoms with Crippen molar-refractivity contribution >= 4 is 29.9 Å². The Kier molecular flexibility index (Phi) is 6.28. The van der Waals surface area contributed by atoms with E-state index in [1.807, 2.05) is 30.2 Å². The number of nitrogens with zero attached hydrogens (tertiary/aromatic N) is 3. The molecule has 0 radical (unpaired) electrons. The molecular weight excluding hydrogens is 381 g/mol. The topological polar surface area (TPSA) is 63.5 Å². The summed E-state index contributed by atoms with van der Waals surface area (Å²) in [6, 6.07) is 2.37. The normalized spacial score (nSPS) is 27.5. The zero-order chi connectivity index (χ0) is 13.8. The molecule has 3 unspecified atom stereocenters. The van der Waals surface area contributed by atoms with Crippen molar-refractivity contribution in [3.05, 3.63) is 18.5 Å². The summed E-state index contributed by atoms with van der Waals surface area (Å²) in [6.07, 6.45) is 9.17. The lowest BCUT2D eigenvalue weighted by atomic mass is 9.96. The van der Waals surface area contributed by atoms with Gasteiger partial charge in [-0.2, -0.15) is 5.10 Å². The van der Waals surface area contributed by atoms with Crippen LogP contribution in [0.15, 0.2) is 23.5 Å². The minimum atomic E-state index is 0. The lowest BCUT2D eigenvalue weighted by Crippen LogP contribution is -2.47. The molecule has 3 atom stereocenters. The summed E-state index contributed by atoms with van der Waals surface area (Å²) in [6.45, 7) is 1.81. The van der Waals surface area contributed by atoms with Crippen LogP contribution in [-0.4, -0.2) is 47.6 Å². The van der Waals surface area contributed by atoms with Crippen LogP contribution in [0.5, 0.6) is 0 Å². The van der Waals surface area contributed by atoms with Gasteiger partial charge in [0.25, 0.3) is 0 Å². The van der Waals surface area contributed by atoms with E-state index in [9.17, 15) is 0 Å². The lowest BCUT2D eigenvalue weighted by molar-refractivity contribution is 0.0992. The molecule has 2 aliphatic heterocycles. The van der Waals surface area contributed by atoms with Crippen LogP contribution in [-0.2, 0) is 11.3 Å². The molecule has 2 bridgehead atoms. The van der Waals surface area contributed by atoms with E-state index in [0.717, 1.165) is 31.9 Å². The number of aryl methyl sites for hydroxylation is 1. The fourth-order valence-corrected chi connectivity index (χ4v) is 3.04. The predicted octanol–water partition coefficient (Wildman–Crippen LogP) is 1.38. The number of nitrogens with one attached hydrogen (secondary N) is 2. The molecule has 1 aromatic heterocycles. The highest BCUT2D eigenvalue weighted by Crippen LogP contribution is 2.34. The van der Waals surface area contributed by atoms with Gasteiger partial charge in [-0.25, -0.2) is 0 Å². The summed E-state index contributed by atoms with van der Waals surface area (Å²) in [5.41, 5.74) is 0. The average Bonchev–Trinajstić information content (AvgIpc) is 3.19. The van der Waals surface area contributed by atoms with Crippen LogP contribution >= 0.6 is 24.0 Å². The molecule has 0 saturated carbocycles. The molecule has 3 rings (SSSR count). The molecule has 1 aromatic rings. The molecule has 0 aromatic carbocycles. The molecule has 21 heavy (non-hydrogen) atoms. The third-order valence-electron chi connectivity index (χ3n) is 4.07. The van der Waals surface area contributed by atoms with E-state index in [2.05, 4.69) is 20.7 Å². The Morgan fingerprint density at radius 2 is 2.38 bits per heavy atom. The summed E-state index contributed by atoms with van der Waals surface area (Å²) >= 11 is 0. The minimum absolute atomic E-state index is 0. The van der Waals surface area contributed by atoms with Crippen molar-refractivity contribution < 1.29 is 4.74 Å². The maximum Gasteiger partial charge on any atom is 0.191 e. The van der Waals surface area contributed by atoms with Gasteiger partial charge in [0.15, 0.2) is 5.96 Å². The van der Waals surface area contributed by atoms with Crippen LogP contribution in [0.2, 0.25) is 0 Å². The largest absolute Gasteiger partial charge is 0.373 e. The van der Waals surface area contributed by atoms with Crippen LogP contribution in [0.4, 0.5) is 0 Å². The molecule has 6 nitrogen and oxygen atoms in total. The van der Waals surface area contributed by atoms with Crippen molar-refractivity contribution in [3.8, 4) is 0 Å². The molecule has 0 spiro atoms. The lowest BCUT2D eigenvalue weighted by Gasteiger charge is -2.22. The summed E-state index contributed by atoms with van der Waals surface area (Å²) in [5.74, 6) is 0.881. The van der Waals surface area contributed by atoms with Crippen molar-refractivity contribution in [2.45, 2.75) is 50.5 Å². The molecule has 2 aliphatic rings. The number of guanidine groups is 1. The second kappa shape index (κ2) is 7.98. The van der Waals surface area contributed by atoms with Crippen molar-refractivity contribution in [3.63, 3.8) is 0 Å². The molecule has 7 heteroatoms. The number of halogens is 1. The Morgan fingerprint density at radius 1 is 1.48 bits per heavy atom. The first-order valence-corrected chi connectivity index (χ1v) is 7.45. The van der Waals surface area contributed by atoms with Gasteiger partial charge in [-0.05, 0) is 31.7 Å². The van der Waals surface area contributed by atoms with Gasteiger partial charge in [-0.15, -0.1) is 24.0 Å². The van der Waals surface area contributed by atoms with E-state index in [-0.39, 0.29) is 24.0 Å². The summed E-state index contributed by atoms with van der Waals surface area (Å²) in [7, 11) is 1.82. The Bertz CT molecular complexity index is 450. The summed E-state index contributed by atoms with van der Waals surface area (Å²) in [5, 5.41) is 11.0. The first-order valence-electron chi connectivity index (χ1n) is 7.45. The number of fused-ring (bicyclic) bond motifs is 2. The van der Waals surface area contributed by atoms with E-state index in [0.29, 0.717) is 18.2 Å². The average molecular weight is 405 g/mol. The Labute approximate surface area is 142 Å². The Morgan fingerprint density at radius 3 is 3.00 bits per heavy atom. The fourth-order valence-electron chi connectivity index (χ4n) is 3.04. The van der Waals surface area contributed by atoms with E-state index >= 15 is 0 Å². The SMILES string of the molecule is CN=C(NCCCn1cccn1)NC1CC2CCC1O2.I. The van der Waals surface area contributed by atoms with Crippen molar-refractivity contribution in [1.82, 2.24) is 20.4 Å². The van der Waals surface area contributed by atoms with E-state index in [1.54, 1.807) is 0 Å². The van der Waals surface area contributed by atoms with Crippen molar-refractivity contribution in [2.24, 2.45) is 4.99 Å². The summed E-state index contributed by atoms with van der Waals surface area (Å²) < 4.78 is 7.79. The van der Waals surface area contributed by atoms with Gasteiger partial charge in [-0.1, -0.05) is 0 Å². The van der Waals surface area contributed by atoms with Gasteiger partial charge in [0.2, 0.25) is 0 Å². The third kappa shape index (κ3) is 4.32. The van der Waals surface area contributed by atoms with Crippen LogP contribution in [0.1, 0.15) is 25.7 Å². The highest BCUT2D eigenvalue weighted by atomic mass is 127. The van der Waals surface area contributed by atoms with Crippen LogP contribution in [0, 0.1) is 0 Å². The molecule has 2 N–H and O–H groups in total. The van der Waals surface area contributed by atoms with E-state index in [4.69, 9.17) is 4.74 Å². The smallest absolute Gasteiger partial charge is 0.191 e. The molecule has 0 amide bonds. The second-order valence-corrected chi connectivity index (χ2v) is 5.48. The van der Waals surface area contributed by atoms with Crippen LogP contribution in [0.3, 0.4) is 0 Å². The van der Waals surface area contributed by atoms with Gasteiger partial charge < -0.3 is 15.4 Å². The van der Waals surface area contributed by atoms with Gasteiger partial charge >= 0.3 is 0 Å². The number of aromatic nitrogens is 2. The Hall–Kier alpha value is -0.830. The number of rotatable bonds is 5. The molecule has 2 saturated heterocycles. The quantitative estimate of drug-likeness (QED) is 0.336. The van der Waals surface area contributed by atoms with Crippen molar-refractivity contribution in [1.29, 1.82) is 0 Å². The highest BCUT2D eigenvalue weighted by molar-refractivity contribution is 14.0. The standard InChI is InChI=1S/C14H23N5O.HI/c1-15-14(16-6-2-8-19-9-3-7-17-19)18-12-10-11-4-5-13(12)20-11;/h3,7,9,11-13H,2,4-6,8,10H2,1H3,(H2,15,16,18);1H. The van der Waals surface area contributed by atoms with Crippen LogP contribution < -0.4 is 10.6 Å². The Balaban J connectivity index is 0.00000161. The first-order chi connectivity index (χ1) is 9.85. The minimum Gasteiger partial charge on any atom is -0.373 e. The molecule has 118 valence electrons. The number of hydrogen-bond donors (Lipinski definition) is 2. The van der Waals surface area contributed by atoms with Gasteiger partial charge in [0.05, 0.1) is 18.2 Å². The zero-order valence-corrected chi connectivity index (χ0v) is 14.7. The fraction of sp³-hybridized carbons (Fsp3) is 0.714. The second-order valence-electron chi connectivity index (χ2n) is 5.48. The van der Waals surface area contributed by atoms with Gasteiger partial charge in [0, 0.05) is 32.5 Å². The highest BCUT2D eigenvalue weighted by Gasteiger charge is 2.40. The van der Waals surface area contributed by atoms with E-state index in [1.165, 1.54) is 12.8 Å². The molecular formula is C14H24IN5O. The number of hydrogen-bond acceptors (Lipinski definition) is 3. The first kappa shape index (κ1) is 16.5. The molecule has 3 heterocycles. The zero-order valence-electron chi connectivity index (χ0n) is 12.4.